The lowest BCUT2D eigenvalue weighted by molar-refractivity contribution is -0.389. The summed E-state index contributed by atoms with van der Waals surface area (Å²) in [5, 5.41) is 10.4. The number of hydrogen-bond donors (Lipinski definition) is 0. The van der Waals surface area contributed by atoms with Gasteiger partial charge >= 0.3 is 5.82 Å². The average Bonchev–Trinajstić information content (AvgIpc) is 2.27. The molecule has 64 valence electrons. The maximum absolute atomic E-state index is 10.4. The molecule has 5 heteroatoms. The molecule has 0 fully saturated rings. The minimum absolute atomic E-state index is 0.104. The minimum Gasteiger partial charge on any atom is -0.358 e. The second-order valence-corrected chi connectivity index (χ2v) is 2.38. The lowest BCUT2D eigenvalue weighted by Gasteiger charge is -1.94. The lowest BCUT2D eigenvalue weighted by atomic mass is 10.5. The first-order chi connectivity index (χ1) is 5.57. The molecule has 0 aliphatic heterocycles. The first-order valence-electron chi connectivity index (χ1n) is 3.40. The van der Waals surface area contributed by atoms with Crippen LogP contribution in [0.15, 0.2) is 6.58 Å². The zero-order valence-corrected chi connectivity index (χ0v) is 6.94. The molecule has 0 aromatic carbocycles. The highest BCUT2D eigenvalue weighted by atomic mass is 16.6. The van der Waals surface area contributed by atoms with Gasteiger partial charge in [0.2, 0.25) is 5.82 Å². The molecule has 1 heterocycles. The third-order valence-electron chi connectivity index (χ3n) is 1.66. The summed E-state index contributed by atoms with van der Waals surface area (Å²) in [6.45, 7) is 6.86. The van der Waals surface area contributed by atoms with E-state index in [4.69, 9.17) is 0 Å². The van der Waals surface area contributed by atoms with E-state index in [1.165, 1.54) is 6.20 Å². The summed E-state index contributed by atoms with van der Waals surface area (Å²) >= 11 is 0. The largest absolute Gasteiger partial charge is 0.385 e. The van der Waals surface area contributed by atoms with Gasteiger partial charge in [-0.25, -0.2) is 0 Å². The van der Waals surface area contributed by atoms with E-state index < -0.39 is 4.92 Å². The highest BCUT2D eigenvalue weighted by Crippen LogP contribution is 2.17. The highest BCUT2D eigenvalue weighted by molar-refractivity contribution is 5.36. The van der Waals surface area contributed by atoms with Crippen LogP contribution in [0.4, 0.5) is 5.82 Å². The number of nitro groups is 1. The molecule has 0 atom stereocenters. The average molecular weight is 167 g/mol. The third-order valence-corrected chi connectivity index (χ3v) is 1.66. The topological polar surface area (TPSA) is 61.0 Å². The third kappa shape index (κ3) is 1.09. The van der Waals surface area contributed by atoms with E-state index in [0.29, 0.717) is 11.5 Å². The van der Waals surface area contributed by atoms with Crippen molar-refractivity contribution >= 4 is 12.0 Å². The van der Waals surface area contributed by atoms with Gasteiger partial charge in [0, 0.05) is 13.1 Å². The molecule has 12 heavy (non-hydrogen) atoms. The molecule has 0 spiro atoms. The Balaban J connectivity index is 3.35. The molecule has 1 rings (SSSR count). The van der Waals surface area contributed by atoms with Crippen LogP contribution in [0.5, 0.6) is 0 Å². The molecule has 0 radical (unpaired) electrons. The molecule has 0 amide bonds. The van der Waals surface area contributed by atoms with Gasteiger partial charge in [-0.05, 0) is 16.8 Å². The van der Waals surface area contributed by atoms with Gasteiger partial charge in [-0.15, -0.1) is 0 Å². The number of nitrogens with zero attached hydrogens (tertiary/aromatic N) is 3. The van der Waals surface area contributed by atoms with Crippen LogP contribution < -0.4 is 0 Å². The van der Waals surface area contributed by atoms with Crippen LogP contribution >= 0.6 is 0 Å². The molecule has 0 aliphatic rings. The van der Waals surface area contributed by atoms with E-state index >= 15 is 0 Å². The van der Waals surface area contributed by atoms with Crippen LogP contribution in [0.25, 0.3) is 6.20 Å². The van der Waals surface area contributed by atoms with Crippen molar-refractivity contribution in [2.45, 2.75) is 13.8 Å². The zero-order chi connectivity index (χ0) is 9.30. The van der Waals surface area contributed by atoms with Crippen LogP contribution in [0.1, 0.15) is 11.5 Å². The second-order valence-electron chi connectivity index (χ2n) is 2.38. The molecule has 0 aliphatic carbocycles. The molecule has 0 N–H and O–H groups in total. The Morgan fingerprint density at radius 3 is 2.50 bits per heavy atom. The van der Waals surface area contributed by atoms with E-state index in [2.05, 4.69) is 11.6 Å². The summed E-state index contributed by atoms with van der Waals surface area (Å²) in [5.74, 6) is 0.474. The van der Waals surface area contributed by atoms with Crippen molar-refractivity contribution in [1.82, 2.24) is 9.55 Å². The highest BCUT2D eigenvalue weighted by Gasteiger charge is 2.19. The van der Waals surface area contributed by atoms with E-state index in [-0.39, 0.29) is 5.82 Å². The van der Waals surface area contributed by atoms with E-state index in [0.717, 1.165) is 0 Å². The molecule has 0 bridgehead atoms. The molecular weight excluding hydrogens is 158 g/mol. The van der Waals surface area contributed by atoms with Crippen LogP contribution in [0.2, 0.25) is 0 Å². The van der Waals surface area contributed by atoms with Gasteiger partial charge in [-0.3, -0.25) is 4.57 Å². The number of rotatable bonds is 2. The predicted octanol–water partition coefficient (Wildman–Crippen LogP) is 1.51. The SMILES string of the molecule is C=Cn1c(C)nc([N+](=O)[O-])c1C. The van der Waals surface area contributed by atoms with Gasteiger partial charge in [0.25, 0.3) is 0 Å². The van der Waals surface area contributed by atoms with Crippen LogP contribution in [-0.2, 0) is 0 Å². The van der Waals surface area contributed by atoms with Gasteiger partial charge in [-0.1, -0.05) is 6.58 Å². The van der Waals surface area contributed by atoms with Gasteiger partial charge < -0.3 is 10.1 Å². The number of aromatic nitrogens is 2. The summed E-state index contributed by atoms with van der Waals surface area (Å²) in [5.41, 5.74) is 0.507. The first-order valence-corrected chi connectivity index (χ1v) is 3.40. The minimum atomic E-state index is -0.498. The van der Waals surface area contributed by atoms with Crippen molar-refractivity contribution in [3.8, 4) is 0 Å². The molecule has 1 aromatic heterocycles. The second kappa shape index (κ2) is 2.77. The molecule has 1 aromatic rings. The molecule has 0 saturated heterocycles. The normalized spacial score (nSPS) is 9.83. The van der Waals surface area contributed by atoms with Crippen LogP contribution in [-0.4, -0.2) is 14.5 Å². The Morgan fingerprint density at radius 1 is 1.67 bits per heavy atom. The Morgan fingerprint density at radius 2 is 2.25 bits per heavy atom. The van der Waals surface area contributed by atoms with E-state index in [9.17, 15) is 10.1 Å². The standard InChI is InChI=1S/C7H9N3O2/c1-4-9-5(2)7(10(11)12)8-6(9)3/h4H,1H2,2-3H3. The van der Waals surface area contributed by atoms with Crippen molar-refractivity contribution in [1.29, 1.82) is 0 Å². The fraction of sp³-hybridized carbons (Fsp3) is 0.286. The van der Waals surface area contributed by atoms with Crippen LogP contribution in [0.3, 0.4) is 0 Å². The number of aryl methyl sites for hydroxylation is 1. The molecular formula is C7H9N3O2. The van der Waals surface area contributed by atoms with E-state index in [1.807, 2.05) is 0 Å². The Kier molecular flexibility index (Phi) is 1.95. The zero-order valence-electron chi connectivity index (χ0n) is 6.94. The molecule has 0 saturated carbocycles. The maximum Gasteiger partial charge on any atom is 0.385 e. The summed E-state index contributed by atoms with van der Waals surface area (Å²) in [6, 6.07) is 0. The number of imidazole rings is 1. The summed E-state index contributed by atoms with van der Waals surface area (Å²) in [6.07, 6.45) is 1.50. The van der Waals surface area contributed by atoms with Gasteiger partial charge in [0.1, 0.15) is 5.69 Å². The Hall–Kier alpha value is -1.65. The monoisotopic (exact) mass is 167 g/mol. The Bertz CT molecular complexity index is 341. The lowest BCUT2D eigenvalue weighted by Crippen LogP contribution is -1.93. The fourth-order valence-corrected chi connectivity index (χ4v) is 1.08. The number of hydrogen-bond acceptors (Lipinski definition) is 3. The van der Waals surface area contributed by atoms with Crippen molar-refractivity contribution in [2.75, 3.05) is 0 Å². The van der Waals surface area contributed by atoms with Gasteiger partial charge in [0.05, 0.1) is 0 Å². The molecule has 0 unspecified atom stereocenters. The summed E-state index contributed by atoms with van der Waals surface area (Å²) in [7, 11) is 0. The smallest absolute Gasteiger partial charge is 0.358 e. The predicted molar refractivity (Wildman–Crippen MR) is 44.7 cm³/mol. The van der Waals surface area contributed by atoms with Crippen molar-refractivity contribution < 1.29 is 4.92 Å². The fourth-order valence-electron chi connectivity index (χ4n) is 1.08. The first kappa shape index (κ1) is 8.45. The summed E-state index contributed by atoms with van der Waals surface area (Å²) < 4.78 is 1.58. The Labute approximate surface area is 69.5 Å². The van der Waals surface area contributed by atoms with Crippen molar-refractivity contribution in [3.05, 3.63) is 28.2 Å². The summed E-state index contributed by atoms with van der Waals surface area (Å²) in [4.78, 5) is 13.7. The van der Waals surface area contributed by atoms with Gasteiger partial charge in [-0.2, -0.15) is 0 Å². The maximum atomic E-state index is 10.4. The quantitative estimate of drug-likeness (QED) is 0.495. The van der Waals surface area contributed by atoms with Crippen LogP contribution in [0, 0.1) is 24.0 Å². The molecule has 5 nitrogen and oxygen atoms in total. The van der Waals surface area contributed by atoms with E-state index in [1.54, 1.807) is 18.4 Å². The van der Waals surface area contributed by atoms with Crippen molar-refractivity contribution in [2.24, 2.45) is 0 Å². The van der Waals surface area contributed by atoms with Gasteiger partial charge in [0.15, 0.2) is 0 Å². The van der Waals surface area contributed by atoms with Crippen molar-refractivity contribution in [3.63, 3.8) is 0 Å².